The Morgan fingerprint density at radius 2 is 1.96 bits per heavy atom. The van der Waals surface area contributed by atoms with E-state index in [-0.39, 0.29) is 11.2 Å². The van der Waals surface area contributed by atoms with Gasteiger partial charge in [-0.1, -0.05) is 30.3 Å². The summed E-state index contributed by atoms with van der Waals surface area (Å²) in [5.74, 6) is 0.989. The van der Waals surface area contributed by atoms with E-state index in [4.69, 9.17) is 4.42 Å². The van der Waals surface area contributed by atoms with Gasteiger partial charge >= 0.3 is 0 Å². The third-order valence-electron chi connectivity index (χ3n) is 4.82. The van der Waals surface area contributed by atoms with Gasteiger partial charge in [0.1, 0.15) is 12.0 Å². The molecule has 25 heavy (non-hydrogen) atoms. The van der Waals surface area contributed by atoms with Gasteiger partial charge in [0.2, 0.25) is 5.43 Å². The molecule has 134 valence electrons. The summed E-state index contributed by atoms with van der Waals surface area (Å²) in [4.78, 5) is 16.2. The molecular formula is C20H26N2O3. The minimum Gasteiger partial charge on any atom is -0.502 e. The van der Waals surface area contributed by atoms with E-state index in [0.717, 1.165) is 45.3 Å². The van der Waals surface area contributed by atoms with E-state index in [1.807, 2.05) is 0 Å². The van der Waals surface area contributed by atoms with Gasteiger partial charge in [0.15, 0.2) is 5.75 Å². The normalized spacial score (nSPS) is 16.4. The Labute approximate surface area is 148 Å². The van der Waals surface area contributed by atoms with Crippen LogP contribution in [0.3, 0.4) is 0 Å². The van der Waals surface area contributed by atoms with Gasteiger partial charge in [-0.25, -0.2) is 0 Å². The lowest BCUT2D eigenvalue weighted by Crippen LogP contribution is -2.37. The molecular weight excluding hydrogens is 316 g/mol. The minimum absolute atomic E-state index is 0.330. The highest BCUT2D eigenvalue weighted by atomic mass is 16.4. The molecule has 0 saturated carbocycles. The molecule has 5 heteroatoms. The summed E-state index contributed by atoms with van der Waals surface area (Å²) in [6.45, 7) is 4.74. The first-order valence-electron chi connectivity index (χ1n) is 8.85. The lowest BCUT2D eigenvalue weighted by atomic mass is 9.96. The van der Waals surface area contributed by atoms with Gasteiger partial charge in [0, 0.05) is 19.2 Å². The second-order valence-corrected chi connectivity index (χ2v) is 7.00. The van der Waals surface area contributed by atoms with Crippen molar-refractivity contribution in [2.24, 2.45) is 5.92 Å². The average Bonchev–Trinajstić information content (AvgIpc) is 2.61. The molecule has 1 N–H and O–H groups in total. The monoisotopic (exact) mass is 342 g/mol. The molecule has 1 aliphatic heterocycles. The quantitative estimate of drug-likeness (QED) is 0.875. The lowest BCUT2D eigenvalue weighted by Gasteiger charge is -2.33. The molecule has 0 unspecified atom stereocenters. The Morgan fingerprint density at radius 1 is 1.24 bits per heavy atom. The summed E-state index contributed by atoms with van der Waals surface area (Å²) >= 11 is 0. The number of hydrogen-bond acceptors (Lipinski definition) is 5. The summed E-state index contributed by atoms with van der Waals surface area (Å²) in [5.41, 5.74) is 0.975. The van der Waals surface area contributed by atoms with Crippen molar-refractivity contribution in [1.82, 2.24) is 9.80 Å². The van der Waals surface area contributed by atoms with Crippen LogP contribution in [-0.4, -0.2) is 41.6 Å². The summed E-state index contributed by atoms with van der Waals surface area (Å²) in [6.07, 6.45) is 3.44. The number of hydrogen-bond donors (Lipinski definition) is 1. The molecule has 0 radical (unpaired) electrons. The summed E-state index contributed by atoms with van der Waals surface area (Å²) < 4.78 is 5.30. The van der Waals surface area contributed by atoms with E-state index in [1.54, 1.807) is 0 Å². The molecule has 1 fully saturated rings. The van der Waals surface area contributed by atoms with Gasteiger partial charge in [-0.15, -0.1) is 0 Å². The Morgan fingerprint density at radius 3 is 2.64 bits per heavy atom. The zero-order valence-electron chi connectivity index (χ0n) is 14.7. The highest BCUT2D eigenvalue weighted by Gasteiger charge is 2.21. The van der Waals surface area contributed by atoms with Crippen LogP contribution in [0.25, 0.3) is 0 Å². The molecule has 0 aliphatic carbocycles. The molecule has 2 aromatic rings. The van der Waals surface area contributed by atoms with Gasteiger partial charge in [-0.05, 0) is 44.5 Å². The molecule has 0 atom stereocenters. The largest absolute Gasteiger partial charge is 0.502 e. The molecule has 0 amide bonds. The van der Waals surface area contributed by atoms with E-state index in [0.29, 0.717) is 18.2 Å². The molecule has 0 bridgehead atoms. The molecule has 3 rings (SSSR count). The van der Waals surface area contributed by atoms with Crippen LogP contribution in [0.2, 0.25) is 0 Å². The SMILES string of the molecule is CN(Cc1ccccc1)CC1CCN(Cc2cc(=O)c(O)co2)CC1. The van der Waals surface area contributed by atoms with Crippen molar-refractivity contribution < 1.29 is 9.52 Å². The van der Waals surface area contributed by atoms with Gasteiger partial charge < -0.3 is 14.4 Å². The van der Waals surface area contributed by atoms with E-state index < -0.39 is 0 Å². The molecule has 0 spiro atoms. The molecule has 2 heterocycles. The number of aromatic hydroxyl groups is 1. The first-order chi connectivity index (χ1) is 12.1. The van der Waals surface area contributed by atoms with E-state index >= 15 is 0 Å². The third-order valence-corrected chi connectivity index (χ3v) is 4.82. The van der Waals surface area contributed by atoms with Crippen LogP contribution in [0.15, 0.2) is 51.9 Å². The van der Waals surface area contributed by atoms with Crippen LogP contribution in [0.1, 0.15) is 24.2 Å². The molecule has 1 aromatic heterocycles. The van der Waals surface area contributed by atoms with Crippen molar-refractivity contribution in [3.05, 3.63) is 64.2 Å². The number of benzene rings is 1. The standard InChI is InChI=1S/C20H26N2O3/c1-21(12-16-5-3-2-4-6-16)13-17-7-9-22(10-8-17)14-18-11-19(23)20(24)15-25-18/h2-6,11,15,17,24H,7-10,12-14H2,1H3. The first-order valence-corrected chi connectivity index (χ1v) is 8.85. The second kappa shape index (κ2) is 8.32. The Bertz CT molecular complexity index is 721. The van der Waals surface area contributed by atoms with E-state index in [9.17, 15) is 9.90 Å². The maximum Gasteiger partial charge on any atom is 0.226 e. The zero-order chi connectivity index (χ0) is 17.6. The fourth-order valence-electron chi connectivity index (χ4n) is 3.47. The summed E-state index contributed by atoms with van der Waals surface area (Å²) in [6, 6.07) is 12.0. The smallest absolute Gasteiger partial charge is 0.226 e. The fraction of sp³-hybridized carbons (Fsp3) is 0.450. The third kappa shape index (κ3) is 5.18. The summed E-state index contributed by atoms with van der Waals surface area (Å²) in [5, 5.41) is 9.25. The molecule has 1 aromatic carbocycles. The van der Waals surface area contributed by atoms with Gasteiger partial charge in [0.25, 0.3) is 0 Å². The van der Waals surface area contributed by atoms with Crippen molar-refractivity contribution in [3.63, 3.8) is 0 Å². The van der Waals surface area contributed by atoms with Crippen molar-refractivity contribution in [2.45, 2.75) is 25.9 Å². The maximum atomic E-state index is 11.5. The van der Waals surface area contributed by atoms with Gasteiger partial charge in [-0.2, -0.15) is 0 Å². The number of nitrogens with zero attached hydrogens (tertiary/aromatic N) is 2. The topological polar surface area (TPSA) is 56.9 Å². The Hall–Kier alpha value is -2.11. The van der Waals surface area contributed by atoms with Crippen molar-refractivity contribution in [2.75, 3.05) is 26.7 Å². The predicted octanol–water partition coefficient (Wildman–Crippen LogP) is 2.69. The van der Waals surface area contributed by atoms with Crippen LogP contribution in [0, 0.1) is 5.92 Å². The van der Waals surface area contributed by atoms with Crippen molar-refractivity contribution in [3.8, 4) is 5.75 Å². The first kappa shape index (κ1) is 17.7. The second-order valence-electron chi connectivity index (χ2n) is 7.00. The Balaban J connectivity index is 1.43. The number of likely N-dealkylation sites (tertiary alicyclic amines) is 1. The van der Waals surface area contributed by atoms with Crippen LogP contribution in [0.4, 0.5) is 0 Å². The van der Waals surface area contributed by atoms with Crippen molar-refractivity contribution in [1.29, 1.82) is 0 Å². The summed E-state index contributed by atoms with van der Waals surface area (Å²) in [7, 11) is 2.18. The van der Waals surface area contributed by atoms with Crippen LogP contribution in [0.5, 0.6) is 5.75 Å². The fourth-order valence-corrected chi connectivity index (χ4v) is 3.47. The van der Waals surface area contributed by atoms with Crippen molar-refractivity contribution >= 4 is 0 Å². The Kier molecular flexibility index (Phi) is 5.89. The van der Waals surface area contributed by atoms with Gasteiger partial charge in [0.05, 0.1) is 6.54 Å². The zero-order valence-corrected chi connectivity index (χ0v) is 14.7. The van der Waals surface area contributed by atoms with E-state index in [2.05, 4.69) is 47.2 Å². The van der Waals surface area contributed by atoms with Crippen LogP contribution < -0.4 is 5.43 Å². The highest BCUT2D eigenvalue weighted by Crippen LogP contribution is 2.20. The molecule has 5 nitrogen and oxygen atoms in total. The number of piperidine rings is 1. The predicted molar refractivity (Wildman–Crippen MR) is 97.4 cm³/mol. The van der Waals surface area contributed by atoms with Gasteiger partial charge in [-0.3, -0.25) is 9.69 Å². The minimum atomic E-state index is -0.376. The van der Waals surface area contributed by atoms with Crippen LogP contribution >= 0.6 is 0 Å². The number of rotatable bonds is 6. The lowest BCUT2D eigenvalue weighted by molar-refractivity contribution is 0.139. The van der Waals surface area contributed by atoms with E-state index in [1.165, 1.54) is 11.6 Å². The molecule has 1 aliphatic rings. The maximum absolute atomic E-state index is 11.5. The average molecular weight is 342 g/mol. The van der Waals surface area contributed by atoms with Crippen LogP contribution in [-0.2, 0) is 13.1 Å². The molecule has 1 saturated heterocycles. The highest BCUT2D eigenvalue weighted by molar-refractivity contribution is 5.15.